The second-order valence-electron chi connectivity index (χ2n) is 15.5. The number of rotatable bonds is 2. The van der Waals surface area contributed by atoms with Gasteiger partial charge in [0, 0.05) is 0 Å². The van der Waals surface area contributed by atoms with E-state index in [-0.39, 0.29) is 0 Å². The van der Waals surface area contributed by atoms with E-state index in [1.165, 1.54) is 121 Å². The number of hydrogen-bond acceptors (Lipinski definition) is 0. The Morgan fingerprint density at radius 3 is 1.56 bits per heavy atom. The van der Waals surface area contributed by atoms with Gasteiger partial charge in [-0.15, -0.1) is 0 Å². The van der Waals surface area contributed by atoms with E-state index >= 15 is 0 Å². The minimum Gasteiger partial charge on any atom is -0.0619 e. The minimum absolute atomic E-state index is 0.496. The van der Waals surface area contributed by atoms with Crippen LogP contribution in [0.2, 0.25) is 0 Å². The first-order chi connectivity index (χ1) is 27.3. The highest BCUT2D eigenvalue weighted by atomic mass is 14.5. The molecule has 13 rings (SSSR count). The smallest absolute Gasteiger partial charge is 0.0619 e. The van der Waals surface area contributed by atoms with Crippen LogP contribution in [0.3, 0.4) is 0 Å². The molecule has 0 heterocycles. The molecule has 0 bridgehead atoms. The standard InChI is InChI=1S/C55H32/c1-3-16-41-33(11-1)13-10-20-43(41)47-31-37-12-2-4-17-42(37)54-53(47)46-28-27-36(32-50(46)55(54)48-21-7-5-18-44(48)45-19-6-8-22-49(45)55)40-29-38-25-23-34-14-9-15-35-24-26-39(30-40)52(38)51(34)35/h1-32H. The van der Waals surface area contributed by atoms with Crippen LogP contribution >= 0.6 is 0 Å². The Labute approximate surface area is 318 Å². The first-order valence-electron chi connectivity index (χ1n) is 19.3. The molecule has 0 radical (unpaired) electrons. The SMILES string of the molecule is c1ccc2c(c1)-c1ccccc1C21c2cc(-c3cc4ccc5cccc6ccc(c3)c4c56)ccc2-c2c(-c3cccc4ccccc34)cc3ccccc3c21. The third kappa shape index (κ3) is 3.71. The van der Waals surface area contributed by atoms with Crippen LogP contribution in [0.1, 0.15) is 22.3 Å². The Morgan fingerprint density at radius 2 is 0.818 bits per heavy atom. The van der Waals surface area contributed by atoms with Crippen molar-refractivity contribution in [3.8, 4) is 44.5 Å². The van der Waals surface area contributed by atoms with Crippen LogP contribution < -0.4 is 0 Å². The number of fused-ring (bicyclic) bond motifs is 13. The van der Waals surface area contributed by atoms with Crippen molar-refractivity contribution in [1.29, 1.82) is 0 Å². The van der Waals surface area contributed by atoms with Gasteiger partial charge in [0.2, 0.25) is 0 Å². The molecule has 0 unspecified atom stereocenters. The van der Waals surface area contributed by atoms with Gasteiger partial charge < -0.3 is 0 Å². The second kappa shape index (κ2) is 10.6. The average molecular weight is 693 g/mol. The molecule has 11 aromatic rings. The lowest BCUT2D eigenvalue weighted by Crippen LogP contribution is -2.26. The fourth-order valence-corrected chi connectivity index (χ4v) is 10.8. The lowest BCUT2D eigenvalue weighted by atomic mass is 9.68. The van der Waals surface area contributed by atoms with E-state index in [1.807, 2.05) is 0 Å². The Hall–Kier alpha value is -7.02. The quantitative estimate of drug-likeness (QED) is 0.158. The highest BCUT2D eigenvalue weighted by Gasteiger charge is 2.53. The van der Waals surface area contributed by atoms with Crippen molar-refractivity contribution in [3.63, 3.8) is 0 Å². The summed E-state index contributed by atoms with van der Waals surface area (Å²) in [6.07, 6.45) is 0. The van der Waals surface area contributed by atoms with Crippen LogP contribution in [-0.4, -0.2) is 0 Å². The molecule has 0 heteroatoms. The van der Waals surface area contributed by atoms with E-state index in [1.54, 1.807) is 0 Å². The molecular formula is C55H32. The van der Waals surface area contributed by atoms with E-state index in [4.69, 9.17) is 0 Å². The molecule has 252 valence electrons. The number of hydrogen-bond donors (Lipinski definition) is 0. The first-order valence-corrected chi connectivity index (χ1v) is 19.3. The van der Waals surface area contributed by atoms with Crippen LogP contribution in [-0.2, 0) is 5.41 Å². The monoisotopic (exact) mass is 692 g/mol. The van der Waals surface area contributed by atoms with E-state index in [0.29, 0.717) is 0 Å². The van der Waals surface area contributed by atoms with Gasteiger partial charge in [0.05, 0.1) is 5.41 Å². The van der Waals surface area contributed by atoms with E-state index in [9.17, 15) is 0 Å². The van der Waals surface area contributed by atoms with Crippen LogP contribution in [0.25, 0.3) is 98.4 Å². The van der Waals surface area contributed by atoms with E-state index in [2.05, 4.69) is 194 Å². The van der Waals surface area contributed by atoms with Gasteiger partial charge in [-0.05, 0) is 145 Å². The zero-order valence-corrected chi connectivity index (χ0v) is 30.0. The summed E-state index contributed by atoms with van der Waals surface area (Å²) in [6.45, 7) is 0. The minimum atomic E-state index is -0.496. The normalized spacial score (nSPS) is 13.6. The van der Waals surface area contributed by atoms with Crippen LogP contribution in [0.5, 0.6) is 0 Å². The molecule has 11 aromatic carbocycles. The summed E-state index contributed by atoms with van der Waals surface area (Å²) in [7, 11) is 0. The molecule has 2 aliphatic carbocycles. The maximum absolute atomic E-state index is 2.54. The zero-order valence-electron chi connectivity index (χ0n) is 30.0. The summed E-state index contributed by atoms with van der Waals surface area (Å²) in [5.74, 6) is 0. The molecule has 0 aliphatic heterocycles. The Bertz CT molecular complexity index is 3320. The molecule has 1 spiro atoms. The van der Waals surface area contributed by atoms with E-state index < -0.39 is 5.41 Å². The summed E-state index contributed by atoms with van der Waals surface area (Å²) in [6, 6.07) is 73.5. The van der Waals surface area contributed by atoms with Gasteiger partial charge in [-0.1, -0.05) is 170 Å². The van der Waals surface area contributed by atoms with Crippen LogP contribution in [0.4, 0.5) is 0 Å². The predicted octanol–water partition coefficient (Wildman–Crippen LogP) is 14.6. The van der Waals surface area contributed by atoms with Crippen molar-refractivity contribution < 1.29 is 0 Å². The highest BCUT2D eigenvalue weighted by molar-refractivity contribution is 6.24. The van der Waals surface area contributed by atoms with Gasteiger partial charge >= 0.3 is 0 Å². The largest absolute Gasteiger partial charge is 0.0731 e. The van der Waals surface area contributed by atoms with Gasteiger partial charge in [0.1, 0.15) is 0 Å². The Kier molecular flexibility index (Phi) is 5.65. The molecule has 0 aromatic heterocycles. The molecular weight excluding hydrogens is 661 g/mol. The van der Waals surface area contributed by atoms with Crippen LogP contribution in [0, 0.1) is 0 Å². The lowest BCUT2D eigenvalue weighted by molar-refractivity contribution is 0.802. The van der Waals surface area contributed by atoms with Gasteiger partial charge in [-0.2, -0.15) is 0 Å². The molecule has 0 fully saturated rings. The maximum Gasteiger partial charge on any atom is 0.0731 e. The summed E-state index contributed by atoms with van der Waals surface area (Å²) < 4.78 is 0. The van der Waals surface area contributed by atoms with Crippen molar-refractivity contribution in [2.75, 3.05) is 0 Å². The topological polar surface area (TPSA) is 0 Å². The zero-order chi connectivity index (χ0) is 35.8. The lowest BCUT2D eigenvalue weighted by Gasteiger charge is -2.32. The van der Waals surface area contributed by atoms with Crippen molar-refractivity contribution in [1.82, 2.24) is 0 Å². The Balaban J connectivity index is 1.18. The molecule has 0 N–H and O–H groups in total. The molecule has 0 saturated heterocycles. The van der Waals surface area contributed by atoms with Gasteiger partial charge in [0.15, 0.2) is 0 Å². The third-order valence-electron chi connectivity index (χ3n) is 12.9. The molecule has 0 saturated carbocycles. The van der Waals surface area contributed by atoms with Gasteiger partial charge in [-0.25, -0.2) is 0 Å². The average Bonchev–Trinajstić information content (AvgIpc) is 3.72. The molecule has 0 nitrogen and oxygen atoms in total. The first kappa shape index (κ1) is 29.4. The van der Waals surface area contributed by atoms with Crippen molar-refractivity contribution in [2.24, 2.45) is 0 Å². The summed E-state index contributed by atoms with van der Waals surface area (Å²) in [4.78, 5) is 0. The molecule has 55 heavy (non-hydrogen) atoms. The molecule has 0 atom stereocenters. The van der Waals surface area contributed by atoms with Crippen molar-refractivity contribution in [3.05, 3.63) is 216 Å². The highest BCUT2D eigenvalue weighted by Crippen LogP contribution is 2.66. The fourth-order valence-electron chi connectivity index (χ4n) is 10.8. The summed E-state index contributed by atoms with van der Waals surface area (Å²) >= 11 is 0. The predicted molar refractivity (Wildman–Crippen MR) is 232 cm³/mol. The van der Waals surface area contributed by atoms with Crippen molar-refractivity contribution >= 4 is 53.9 Å². The van der Waals surface area contributed by atoms with Crippen LogP contribution in [0.15, 0.2) is 194 Å². The summed E-state index contributed by atoms with van der Waals surface area (Å²) in [5, 5.41) is 13.0. The maximum atomic E-state index is 2.54. The third-order valence-corrected chi connectivity index (χ3v) is 12.9. The molecule has 0 amide bonds. The van der Waals surface area contributed by atoms with Crippen molar-refractivity contribution in [2.45, 2.75) is 5.41 Å². The van der Waals surface area contributed by atoms with Gasteiger partial charge in [-0.3, -0.25) is 0 Å². The fraction of sp³-hybridized carbons (Fsp3) is 0.0182. The summed E-state index contributed by atoms with van der Waals surface area (Å²) in [5.41, 5.74) is 15.4. The van der Waals surface area contributed by atoms with Gasteiger partial charge in [0.25, 0.3) is 0 Å². The molecule has 2 aliphatic rings. The van der Waals surface area contributed by atoms with E-state index in [0.717, 1.165) is 0 Å². The Morgan fingerprint density at radius 1 is 0.273 bits per heavy atom. The second-order valence-corrected chi connectivity index (χ2v) is 15.5. The number of benzene rings is 11.